The van der Waals surface area contributed by atoms with Gasteiger partial charge in [-0.15, -0.1) is 0 Å². The summed E-state index contributed by atoms with van der Waals surface area (Å²) in [7, 11) is 0. The smallest absolute Gasteiger partial charge is 0.322 e. The second-order valence-corrected chi connectivity index (χ2v) is 3.39. The van der Waals surface area contributed by atoms with Gasteiger partial charge in [0.15, 0.2) is 6.61 Å². The van der Waals surface area contributed by atoms with Gasteiger partial charge < -0.3 is 10.5 Å². The number of nitriles is 1. The lowest BCUT2D eigenvalue weighted by molar-refractivity contribution is -0.158. The van der Waals surface area contributed by atoms with E-state index in [1.165, 1.54) is 0 Å². The minimum absolute atomic E-state index is 0.326. The van der Waals surface area contributed by atoms with Gasteiger partial charge in [-0.1, -0.05) is 12.8 Å². The third kappa shape index (κ3) is 1.69. The Morgan fingerprint density at radius 1 is 1.43 bits per heavy atom. The lowest BCUT2D eigenvalue weighted by Gasteiger charge is -2.21. The number of carbonyl (C=O) groups excluding carboxylic acids is 2. The fraction of sp³-hybridized carbons (Fsp3) is 0.667. The van der Waals surface area contributed by atoms with Crippen molar-refractivity contribution in [2.45, 2.75) is 25.7 Å². The largest absolute Gasteiger partial charge is 0.449 e. The number of ether oxygens (including phenoxy) is 1. The van der Waals surface area contributed by atoms with E-state index in [0.717, 1.165) is 12.8 Å². The Bertz CT molecular complexity index is 287. The molecule has 1 fully saturated rings. The molecule has 1 saturated carbocycles. The molecule has 0 spiro atoms. The molecule has 1 rings (SSSR count). The lowest BCUT2D eigenvalue weighted by Crippen LogP contribution is -2.42. The molecule has 1 amide bonds. The first-order chi connectivity index (χ1) is 6.63. The molecule has 0 unspecified atom stereocenters. The zero-order valence-corrected chi connectivity index (χ0v) is 7.78. The van der Waals surface area contributed by atoms with E-state index in [1.54, 1.807) is 6.07 Å². The molecule has 0 saturated heterocycles. The number of carbonyl (C=O) groups is 2. The highest BCUT2D eigenvalue weighted by molar-refractivity contribution is 6.02. The minimum atomic E-state index is -1.17. The molecule has 0 aromatic rings. The summed E-state index contributed by atoms with van der Waals surface area (Å²) in [4.78, 5) is 22.7. The zero-order chi connectivity index (χ0) is 10.6. The van der Waals surface area contributed by atoms with E-state index in [9.17, 15) is 9.59 Å². The van der Waals surface area contributed by atoms with Crippen molar-refractivity contribution >= 4 is 11.9 Å². The fourth-order valence-corrected chi connectivity index (χ4v) is 1.77. The molecule has 0 aliphatic heterocycles. The summed E-state index contributed by atoms with van der Waals surface area (Å²) < 4.78 is 4.64. The van der Waals surface area contributed by atoms with E-state index in [4.69, 9.17) is 11.0 Å². The van der Waals surface area contributed by atoms with Crippen LogP contribution in [0.5, 0.6) is 0 Å². The van der Waals surface area contributed by atoms with Crippen LogP contribution in [0.15, 0.2) is 0 Å². The molecular formula is C9H12N2O3. The van der Waals surface area contributed by atoms with Gasteiger partial charge in [0, 0.05) is 0 Å². The van der Waals surface area contributed by atoms with Crippen LogP contribution in [0.4, 0.5) is 0 Å². The highest BCUT2D eigenvalue weighted by Crippen LogP contribution is 2.38. The number of nitrogens with two attached hydrogens (primary N) is 1. The minimum Gasteiger partial charge on any atom is -0.449 e. The topological polar surface area (TPSA) is 93.2 Å². The molecule has 0 bridgehead atoms. The van der Waals surface area contributed by atoms with Gasteiger partial charge in [0.05, 0.1) is 0 Å². The molecule has 2 N–H and O–H groups in total. The normalized spacial score (nSPS) is 18.5. The number of nitrogens with zero attached hydrogens (tertiary/aromatic N) is 1. The van der Waals surface area contributed by atoms with Crippen LogP contribution in [-0.2, 0) is 14.3 Å². The first-order valence-corrected chi connectivity index (χ1v) is 4.47. The fourth-order valence-electron chi connectivity index (χ4n) is 1.77. The molecule has 76 valence electrons. The van der Waals surface area contributed by atoms with Gasteiger partial charge in [0.2, 0.25) is 5.91 Å². The SMILES string of the molecule is N#CCOC(=O)C1(C(N)=O)CCCC1. The van der Waals surface area contributed by atoms with Crippen LogP contribution in [0.25, 0.3) is 0 Å². The predicted molar refractivity (Wildman–Crippen MR) is 46.7 cm³/mol. The molecular weight excluding hydrogens is 184 g/mol. The van der Waals surface area contributed by atoms with Gasteiger partial charge in [-0.05, 0) is 12.8 Å². The van der Waals surface area contributed by atoms with E-state index in [-0.39, 0.29) is 6.61 Å². The van der Waals surface area contributed by atoms with Gasteiger partial charge in [0.25, 0.3) is 0 Å². The Morgan fingerprint density at radius 3 is 2.43 bits per heavy atom. The first kappa shape index (κ1) is 10.5. The van der Waals surface area contributed by atoms with Crippen LogP contribution in [0, 0.1) is 16.7 Å². The van der Waals surface area contributed by atoms with Gasteiger partial charge in [-0.25, -0.2) is 0 Å². The van der Waals surface area contributed by atoms with Crippen molar-refractivity contribution in [1.82, 2.24) is 0 Å². The molecule has 0 radical (unpaired) electrons. The molecule has 0 aromatic heterocycles. The summed E-state index contributed by atoms with van der Waals surface area (Å²) in [5, 5.41) is 8.24. The van der Waals surface area contributed by atoms with Crippen molar-refractivity contribution in [3.8, 4) is 6.07 Å². The maximum absolute atomic E-state index is 11.5. The van der Waals surface area contributed by atoms with E-state index in [2.05, 4.69) is 4.74 Å². The van der Waals surface area contributed by atoms with Crippen molar-refractivity contribution in [3.05, 3.63) is 0 Å². The van der Waals surface area contributed by atoms with Gasteiger partial charge in [-0.2, -0.15) is 5.26 Å². The molecule has 1 aliphatic rings. The highest BCUT2D eigenvalue weighted by atomic mass is 16.5. The zero-order valence-electron chi connectivity index (χ0n) is 7.78. The molecule has 0 aromatic carbocycles. The van der Waals surface area contributed by atoms with Crippen molar-refractivity contribution in [2.75, 3.05) is 6.61 Å². The second-order valence-electron chi connectivity index (χ2n) is 3.39. The van der Waals surface area contributed by atoms with Crippen LogP contribution in [0.1, 0.15) is 25.7 Å². The number of primary amides is 1. The van der Waals surface area contributed by atoms with E-state index >= 15 is 0 Å². The monoisotopic (exact) mass is 196 g/mol. The summed E-state index contributed by atoms with van der Waals surface area (Å²) in [5.41, 5.74) is 4.01. The summed E-state index contributed by atoms with van der Waals surface area (Å²) >= 11 is 0. The third-order valence-corrected chi connectivity index (χ3v) is 2.59. The van der Waals surface area contributed by atoms with Crippen LogP contribution in [0.2, 0.25) is 0 Å². The molecule has 14 heavy (non-hydrogen) atoms. The average Bonchev–Trinajstić information content (AvgIpc) is 2.63. The summed E-state index contributed by atoms with van der Waals surface area (Å²) in [6.07, 6.45) is 2.47. The summed E-state index contributed by atoms with van der Waals surface area (Å²) in [6.45, 7) is -0.326. The Kier molecular flexibility index (Phi) is 3.07. The molecule has 5 heteroatoms. The van der Waals surface area contributed by atoms with Crippen molar-refractivity contribution < 1.29 is 14.3 Å². The maximum atomic E-state index is 11.5. The predicted octanol–water partition coefficient (Wildman–Crippen LogP) is 0.0989. The van der Waals surface area contributed by atoms with Crippen LogP contribution in [0.3, 0.4) is 0 Å². The van der Waals surface area contributed by atoms with Crippen LogP contribution < -0.4 is 5.73 Å². The molecule has 0 heterocycles. The quantitative estimate of drug-likeness (QED) is 0.511. The number of esters is 1. The Hall–Kier alpha value is -1.57. The second kappa shape index (κ2) is 4.09. The van der Waals surface area contributed by atoms with E-state index in [1.807, 2.05) is 0 Å². The Balaban J connectivity index is 2.73. The van der Waals surface area contributed by atoms with Gasteiger partial charge >= 0.3 is 5.97 Å². The number of hydrogen-bond acceptors (Lipinski definition) is 4. The van der Waals surface area contributed by atoms with Gasteiger partial charge in [0.1, 0.15) is 11.5 Å². The first-order valence-electron chi connectivity index (χ1n) is 4.47. The van der Waals surface area contributed by atoms with Crippen molar-refractivity contribution in [1.29, 1.82) is 5.26 Å². The third-order valence-electron chi connectivity index (χ3n) is 2.59. The van der Waals surface area contributed by atoms with Crippen molar-refractivity contribution in [3.63, 3.8) is 0 Å². The van der Waals surface area contributed by atoms with Crippen LogP contribution in [-0.4, -0.2) is 18.5 Å². The van der Waals surface area contributed by atoms with E-state index in [0.29, 0.717) is 12.8 Å². The standard InChI is InChI=1S/C9H12N2O3/c10-5-6-14-8(13)9(7(11)12)3-1-2-4-9/h1-4,6H2,(H2,11,12). The molecule has 1 aliphatic carbocycles. The van der Waals surface area contributed by atoms with Crippen LogP contribution >= 0.6 is 0 Å². The maximum Gasteiger partial charge on any atom is 0.322 e. The number of rotatable bonds is 3. The van der Waals surface area contributed by atoms with E-state index < -0.39 is 17.3 Å². The average molecular weight is 196 g/mol. The molecule has 5 nitrogen and oxygen atoms in total. The summed E-state index contributed by atoms with van der Waals surface area (Å²) in [5.74, 6) is -1.29. The van der Waals surface area contributed by atoms with Crippen molar-refractivity contribution in [2.24, 2.45) is 11.1 Å². The number of hydrogen-bond donors (Lipinski definition) is 1. The Morgan fingerprint density at radius 2 is 2.00 bits per heavy atom. The lowest BCUT2D eigenvalue weighted by atomic mass is 9.85. The highest BCUT2D eigenvalue weighted by Gasteiger charge is 2.48. The Labute approximate surface area is 81.8 Å². The number of amides is 1. The molecule has 0 atom stereocenters. The summed E-state index contributed by atoms with van der Waals surface area (Å²) in [6, 6.07) is 1.68. The van der Waals surface area contributed by atoms with Gasteiger partial charge in [-0.3, -0.25) is 9.59 Å².